The summed E-state index contributed by atoms with van der Waals surface area (Å²) in [6, 6.07) is 0. The van der Waals surface area contributed by atoms with E-state index in [0.717, 1.165) is 6.54 Å². The van der Waals surface area contributed by atoms with Crippen molar-refractivity contribution in [3.63, 3.8) is 0 Å². The van der Waals surface area contributed by atoms with Gasteiger partial charge in [0, 0.05) is 25.5 Å². The number of hydrogen-bond acceptors (Lipinski definition) is 4. The van der Waals surface area contributed by atoms with E-state index < -0.39 is 0 Å². The number of nitrogens with one attached hydrogen (secondary N) is 2. The number of halogens is 1. The van der Waals surface area contributed by atoms with Crippen LogP contribution >= 0.6 is 11.6 Å². The van der Waals surface area contributed by atoms with E-state index in [1.807, 2.05) is 10.8 Å². The van der Waals surface area contributed by atoms with Crippen molar-refractivity contribution in [3.05, 3.63) is 40.4 Å². The molecule has 0 saturated heterocycles. The molecule has 0 aliphatic heterocycles. The van der Waals surface area contributed by atoms with Gasteiger partial charge in [-0.1, -0.05) is 11.6 Å². The molecule has 0 saturated carbocycles. The van der Waals surface area contributed by atoms with Crippen LogP contribution in [0.15, 0.2) is 29.8 Å². The van der Waals surface area contributed by atoms with Crippen LogP contribution in [0.2, 0.25) is 5.02 Å². The van der Waals surface area contributed by atoms with Gasteiger partial charge in [-0.05, 0) is 0 Å². The fourth-order valence-corrected chi connectivity index (χ4v) is 1.40. The molecule has 0 spiro atoms. The Bertz CT molecular complexity index is 507. The summed E-state index contributed by atoms with van der Waals surface area (Å²) in [5.41, 5.74) is -0.346. The predicted molar refractivity (Wildman–Crippen MR) is 60.6 cm³/mol. The lowest BCUT2D eigenvalue weighted by molar-refractivity contribution is 0.725. The van der Waals surface area contributed by atoms with Crippen LogP contribution in [0.25, 0.3) is 0 Å². The highest BCUT2D eigenvalue weighted by Gasteiger charge is 2.04. The molecule has 0 aliphatic rings. The number of hydrogen-bond donors (Lipinski definition) is 2. The van der Waals surface area contributed by atoms with Crippen LogP contribution < -0.4 is 10.9 Å². The van der Waals surface area contributed by atoms with Gasteiger partial charge in [0.15, 0.2) is 5.82 Å². The van der Waals surface area contributed by atoms with Crippen molar-refractivity contribution in [1.29, 1.82) is 0 Å². The van der Waals surface area contributed by atoms with Crippen LogP contribution in [-0.4, -0.2) is 26.1 Å². The zero-order valence-electron chi connectivity index (χ0n) is 8.35. The predicted octanol–water partition coefficient (Wildman–Crippen LogP) is 0.732. The molecule has 0 radical (unpaired) electrons. The smallest absolute Gasteiger partial charge is 0.271 e. The molecular weight excluding hydrogens is 230 g/mol. The zero-order valence-corrected chi connectivity index (χ0v) is 9.11. The van der Waals surface area contributed by atoms with E-state index in [0.29, 0.717) is 12.4 Å². The SMILES string of the molecule is O=c1[nH]cnc(NCCn2ccnc2)c1Cl. The molecule has 6 nitrogen and oxygen atoms in total. The van der Waals surface area contributed by atoms with Gasteiger partial charge in [0.05, 0.1) is 12.7 Å². The van der Waals surface area contributed by atoms with Crippen LogP contribution in [0, 0.1) is 0 Å². The lowest BCUT2D eigenvalue weighted by Gasteiger charge is -2.06. The first kappa shape index (κ1) is 10.7. The second-order valence-electron chi connectivity index (χ2n) is 3.12. The molecule has 0 amide bonds. The lowest BCUT2D eigenvalue weighted by Crippen LogP contribution is -2.15. The normalized spacial score (nSPS) is 10.3. The van der Waals surface area contributed by atoms with Gasteiger partial charge >= 0.3 is 0 Å². The molecule has 84 valence electrons. The maximum absolute atomic E-state index is 11.1. The number of aromatic nitrogens is 4. The van der Waals surface area contributed by atoms with Crippen molar-refractivity contribution >= 4 is 17.4 Å². The van der Waals surface area contributed by atoms with Crippen molar-refractivity contribution in [2.75, 3.05) is 11.9 Å². The number of imidazole rings is 1. The first-order valence-electron chi connectivity index (χ1n) is 4.70. The number of nitrogens with zero attached hydrogens (tertiary/aromatic N) is 3. The molecule has 2 aromatic heterocycles. The molecule has 16 heavy (non-hydrogen) atoms. The topological polar surface area (TPSA) is 75.6 Å². The van der Waals surface area contributed by atoms with Crippen LogP contribution in [-0.2, 0) is 6.54 Å². The van der Waals surface area contributed by atoms with Crippen molar-refractivity contribution in [3.8, 4) is 0 Å². The summed E-state index contributed by atoms with van der Waals surface area (Å²) in [7, 11) is 0. The van der Waals surface area contributed by atoms with Crippen molar-refractivity contribution < 1.29 is 0 Å². The highest BCUT2D eigenvalue weighted by molar-refractivity contribution is 6.32. The summed E-state index contributed by atoms with van der Waals surface area (Å²) in [5.74, 6) is 0.394. The molecule has 0 bridgehead atoms. The van der Waals surface area contributed by atoms with Crippen LogP contribution in [0.5, 0.6) is 0 Å². The average molecular weight is 240 g/mol. The number of rotatable bonds is 4. The van der Waals surface area contributed by atoms with Gasteiger partial charge in [-0.15, -0.1) is 0 Å². The monoisotopic (exact) mass is 239 g/mol. The van der Waals surface area contributed by atoms with Gasteiger partial charge in [-0.3, -0.25) is 4.79 Å². The average Bonchev–Trinajstić information content (AvgIpc) is 2.77. The maximum atomic E-state index is 11.1. The number of H-pyrrole nitrogens is 1. The minimum atomic E-state index is -0.346. The molecule has 0 aromatic carbocycles. The largest absolute Gasteiger partial charge is 0.367 e. The van der Waals surface area contributed by atoms with Crippen LogP contribution in [0.4, 0.5) is 5.82 Å². The molecule has 0 aliphatic carbocycles. The maximum Gasteiger partial charge on any atom is 0.271 e. The molecule has 0 unspecified atom stereocenters. The molecule has 0 atom stereocenters. The fourth-order valence-electron chi connectivity index (χ4n) is 1.23. The summed E-state index contributed by atoms with van der Waals surface area (Å²) in [6.45, 7) is 1.34. The summed E-state index contributed by atoms with van der Waals surface area (Å²) in [5, 5.41) is 3.06. The Morgan fingerprint density at radius 3 is 3.19 bits per heavy atom. The quantitative estimate of drug-likeness (QED) is 0.825. The standard InChI is InChI=1S/C9H10ClN5O/c10-7-8(13-5-14-9(7)16)12-2-4-15-3-1-11-6-15/h1,3,5-6H,2,4H2,(H2,12,13,14,16). The van der Waals surface area contributed by atoms with Crippen LogP contribution in [0.3, 0.4) is 0 Å². The molecule has 2 rings (SSSR count). The third-order valence-electron chi connectivity index (χ3n) is 2.02. The van der Waals surface area contributed by atoms with Crippen molar-refractivity contribution in [2.24, 2.45) is 0 Å². The van der Waals surface area contributed by atoms with Gasteiger partial charge in [0.2, 0.25) is 0 Å². The Balaban J connectivity index is 1.95. The second kappa shape index (κ2) is 4.80. The summed E-state index contributed by atoms with van der Waals surface area (Å²) in [4.78, 5) is 21.4. The van der Waals surface area contributed by atoms with E-state index in [-0.39, 0.29) is 10.6 Å². The Morgan fingerprint density at radius 1 is 1.56 bits per heavy atom. The molecule has 2 aromatic rings. The van der Waals surface area contributed by atoms with E-state index >= 15 is 0 Å². The van der Waals surface area contributed by atoms with E-state index in [4.69, 9.17) is 11.6 Å². The lowest BCUT2D eigenvalue weighted by atomic mass is 10.5. The second-order valence-corrected chi connectivity index (χ2v) is 3.50. The van der Waals surface area contributed by atoms with Gasteiger partial charge in [-0.25, -0.2) is 9.97 Å². The Kier molecular flexibility index (Phi) is 3.21. The molecule has 2 heterocycles. The molecule has 7 heteroatoms. The first-order chi connectivity index (χ1) is 7.77. The van der Waals surface area contributed by atoms with Crippen LogP contribution in [0.1, 0.15) is 0 Å². The minimum Gasteiger partial charge on any atom is -0.367 e. The first-order valence-corrected chi connectivity index (χ1v) is 5.08. The Labute approximate surface area is 96.3 Å². The fraction of sp³-hybridized carbons (Fsp3) is 0.222. The molecule has 2 N–H and O–H groups in total. The Morgan fingerprint density at radius 2 is 2.44 bits per heavy atom. The van der Waals surface area contributed by atoms with E-state index in [2.05, 4.69) is 20.3 Å². The van der Waals surface area contributed by atoms with Gasteiger partial charge in [0.25, 0.3) is 5.56 Å². The molecular formula is C9H10ClN5O. The van der Waals surface area contributed by atoms with E-state index in [1.165, 1.54) is 6.33 Å². The third kappa shape index (κ3) is 2.40. The van der Waals surface area contributed by atoms with E-state index in [9.17, 15) is 4.79 Å². The van der Waals surface area contributed by atoms with E-state index in [1.54, 1.807) is 12.5 Å². The summed E-state index contributed by atoms with van der Waals surface area (Å²) < 4.78 is 1.91. The van der Waals surface area contributed by atoms with Crippen molar-refractivity contribution in [2.45, 2.75) is 6.54 Å². The van der Waals surface area contributed by atoms with Crippen molar-refractivity contribution in [1.82, 2.24) is 19.5 Å². The minimum absolute atomic E-state index is 0.0770. The summed E-state index contributed by atoms with van der Waals surface area (Å²) in [6.07, 6.45) is 6.59. The highest BCUT2D eigenvalue weighted by Crippen LogP contribution is 2.11. The number of aromatic amines is 1. The Hall–Kier alpha value is -1.82. The highest BCUT2D eigenvalue weighted by atomic mass is 35.5. The molecule has 0 fully saturated rings. The summed E-state index contributed by atoms with van der Waals surface area (Å²) >= 11 is 5.77. The van der Waals surface area contributed by atoms with Gasteiger partial charge in [-0.2, -0.15) is 0 Å². The number of anilines is 1. The van der Waals surface area contributed by atoms with Gasteiger partial charge < -0.3 is 14.9 Å². The van der Waals surface area contributed by atoms with Gasteiger partial charge in [0.1, 0.15) is 5.02 Å². The third-order valence-corrected chi connectivity index (χ3v) is 2.37. The zero-order chi connectivity index (χ0) is 11.4.